The molecule has 1 aromatic rings. The Kier molecular flexibility index (Phi) is 4.96. The van der Waals surface area contributed by atoms with Crippen molar-refractivity contribution in [3.8, 4) is 0 Å². The van der Waals surface area contributed by atoms with E-state index in [-0.39, 0.29) is 30.4 Å². The molecule has 28 heavy (non-hydrogen) atoms. The van der Waals surface area contributed by atoms with E-state index in [1.54, 1.807) is 18.2 Å². The van der Waals surface area contributed by atoms with Crippen molar-refractivity contribution in [2.45, 2.75) is 31.5 Å². The Morgan fingerprint density at radius 3 is 2.75 bits per heavy atom. The molecule has 1 aromatic carbocycles. The molecule has 4 rings (SSSR count). The Morgan fingerprint density at radius 1 is 1.18 bits per heavy atom. The van der Waals surface area contributed by atoms with Crippen molar-refractivity contribution in [1.82, 2.24) is 15.5 Å². The van der Waals surface area contributed by atoms with Gasteiger partial charge in [-0.3, -0.25) is 29.4 Å². The summed E-state index contributed by atoms with van der Waals surface area (Å²) in [6, 6.07) is 4.22. The smallest absolute Gasteiger partial charge is 0.262 e. The number of nitrogens with zero attached hydrogens (tertiary/aromatic N) is 1. The lowest BCUT2D eigenvalue weighted by atomic mass is 10.0. The van der Waals surface area contributed by atoms with Gasteiger partial charge in [-0.1, -0.05) is 12.1 Å². The number of carbonyl (C=O) groups excluding carboxylic acids is 4. The van der Waals surface area contributed by atoms with Crippen LogP contribution in [0.4, 0.5) is 0 Å². The Balaban J connectivity index is 1.56. The molecule has 0 saturated carbocycles. The number of hydrogen-bond acceptors (Lipinski definition) is 7. The molecule has 2 fully saturated rings. The average Bonchev–Trinajstić information content (AvgIpc) is 3.24. The van der Waals surface area contributed by atoms with Crippen molar-refractivity contribution in [1.29, 1.82) is 0 Å². The SMILES string of the molecule is NC[C@@H]1COC[C@H]1NCc1cccc2c1C(=O)N(C1CCC(=O)NC1=O)C2=O. The topological polar surface area (TPSA) is 131 Å². The Morgan fingerprint density at radius 2 is 2.00 bits per heavy atom. The van der Waals surface area contributed by atoms with Crippen LogP contribution in [0.25, 0.3) is 0 Å². The third-order valence-electron chi connectivity index (χ3n) is 5.61. The lowest BCUT2D eigenvalue weighted by molar-refractivity contribution is -0.136. The van der Waals surface area contributed by atoms with E-state index in [1.165, 1.54) is 0 Å². The van der Waals surface area contributed by atoms with Gasteiger partial charge in [0.2, 0.25) is 11.8 Å². The minimum absolute atomic E-state index is 0.0827. The van der Waals surface area contributed by atoms with Crippen LogP contribution in [-0.4, -0.2) is 60.4 Å². The first-order valence-electron chi connectivity index (χ1n) is 9.36. The van der Waals surface area contributed by atoms with Crippen LogP contribution >= 0.6 is 0 Å². The highest BCUT2D eigenvalue weighted by Gasteiger charge is 2.45. The highest BCUT2D eigenvalue weighted by atomic mass is 16.5. The molecule has 9 heteroatoms. The summed E-state index contributed by atoms with van der Waals surface area (Å²) in [5.74, 6) is -1.80. The van der Waals surface area contributed by atoms with E-state index in [9.17, 15) is 19.2 Å². The maximum absolute atomic E-state index is 13.0. The zero-order chi connectivity index (χ0) is 19.8. The summed E-state index contributed by atoms with van der Waals surface area (Å²) in [6.45, 7) is 2.04. The van der Waals surface area contributed by atoms with Gasteiger partial charge in [0.25, 0.3) is 11.8 Å². The molecule has 4 N–H and O–H groups in total. The van der Waals surface area contributed by atoms with Crippen LogP contribution in [0.2, 0.25) is 0 Å². The molecule has 148 valence electrons. The van der Waals surface area contributed by atoms with Gasteiger partial charge in [0.15, 0.2) is 0 Å². The summed E-state index contributed by atoms with van der Waals surface area (Å²) >= 11 is 0. The Bertz CT molecular complexity index is 855. The molecule has 0 spiro atoms. The number of hydrogen-bond donors (Lipinski definition) is 3. The van der Waals surface area contributed by atoms with Gasteiger partial charge in [-0.2, -0.15) is 0 Å². The highest BCUT2D eigenvalue weighted by molar-refractivity contribution is 6.24. The van der Waals surface area contributed by atoms with Crippen LogP contribution in [0.3, 0.4) is 0 Å². The molecular formula is C19H22N4O5. The van der Waals surface area contributed by atoms with E-state index in [4.69, 9.17) is 10.5 Å². The molecule has 3 aliphatic heterocycles. The number of imide groups is 2. The van der Waals surface area contributed by atoms with Crippen molar-refractivity contribution in [2.75, 3.05) is 19.8 Å². The minimum Gasteiger partial charge on any atom is -0.379 e. The number of rotatable bonds is 5. The zero-order valence-electron chi connectivity index (χ0n) is 15.3. The first kappa shape index (κ1) is 18.7. The predicted molar refractivity (Wildman–Crippen MR) is 97.1 cm³/mol. The molecule has 3 atom stereocenters. The third-order valence-corrected chi connectivity index (χ3v) is 5.61. The lowest BCUT2D eigenvalue weighted by Gasteiger charge is -2.27. The second-order valence-electron chi connectivity index (χ2n) is 7.31. The number of benzene rings is 1. The summed E-state index contributed by atoms with van der Waals surface area (Å²) in [6.07, 6.45) is 0.238. The van der Waals surface area contributed by atoms with Gasteiger partial charge in [-0.25, -0.2) is 0 Å². The van der Waals surface area contributed by atoms with Gasteiger partial charge in [0.05, 0.1) is 24.3 Å². The number of nitrogens with one attached hydrogen (secondary N) is 2. The second-order valence-corrected chi connectivity index (χ2v) is 7.31. The largest absolute Gasteiger partial charge is 0.379 e. The summed E-state index contributed by atoms with van der Waals surface area (Å²) < 4.78 is 5.45. The average molecular weight is 386 g/mol. The fourth-order valence-corrected chi connectivity index (χ4v) is 4.03. The number of amides is 4. The van der Waals surface area contributed by atoms with Gasteiger partial charge >= 0.3 is 0 Å². The lowest BCUT2D eigenvalue weighted by Crippen LogP contribution is -2.54. The van der Waals surface area contributed by atoms with Crippen molar-refractivity contribution in [3.63, 3.8) is 0 Å². The zero-order valence-corrected chi connectivity index (χ0v) is 15.3. The highest BCUT2D eigenvalue weighted by Crippen LogP contribution is 2.30. The predicted octanol–water partition coefficient (Wildman–Crippen LogP) is -0.849. The summed E-state index contributed by atoms with van der Waals surface area (Å²) in [4.78, 5) is 50.4. The Labute approximate surface area is 161 Å². The number of piperidine rings is 1. The van der Waals surface area contributed by atoms with Crippen LogP contribution in [0.1, 0.15) is 39.1 Å². The molecule has 2 saturated heterocycles. The number of fused-ring (bicyclic) bond motifs is 1. The summed E-state index contributed by atoms with van der Waals surface area (Å²) in [7, 11) is 0. The van der Waals surface area contributed by atoms with E-state index in [0.29, 0.717) is 37.4 Å². The minimum atomic E-state index is -0.962. The van der Waals surface area contributed by atoms with Crippen molar-refractivity contribution < 1.29 is 23.9 Å². The van der Waals surface area contributed by atoms with Crippen molar-refractivity contribution >= 4 is 23.6 Å². The van der Waals surface area contributed by atoms with Gasteiger partial charge < -0.3 is 15.8 Å². The molecule has 0 bridgehead atoms. The third kappa shape index (κ3) is 3.11. The van der Waals surface area contributed by atoms with Crippen LogP contribution < -0.4 is 16.4 Å². The molecule has 1 unspecified atom stereocenters. The first-order valence-corrected chi connectivity index (χ1v) is 9.36. The van der Waals surface area contributed by atoms with Gasteiger partial charge in [0, 0.05) is 24.9 Å². The standard InChI is InChI=1S/C19H22N4O5/c20-6-11-8-28-9-13(11)21-7-10-2-1-3-12-16(10)19(27)23(18(12)26)14-4-5-15(24)22-17(14)25/h1-3,11,13-14,21H,4-9,20H2,(H,22,24,25)/t11-,13-,14?/m1/s1. The number of ether oxygens (including phenoxy) is 1. The molecule has 0 aromatic heterocycles. The van der Waals surface area contributed by atoms with Crippen LogP contribution in [0, 0.1) is 5.92 Å². The molecule has 0 aliphatic carbocycles. The van der Waals surface area contributed by atoms with E-state index in [1.807, 2.05) is 0 Å². The van der Waals surface area contributed by atoms with E-state index in [0.717, 1.165) is 4.90 Å². The maximum Gasteiger partial charge on any atom is 0.262 e. The molecule has 4 amide bonds. The molecular weight excluding hydrogens is 364 g/mol. The van der Waals surface area contributed by atoms with Crippen molar-refractivity contribution in [2.24, 2.45) is 11.7 Å². The molecule has 3 aliphatic rings. The van der Waals surface area contributed by atoms with Gasteiger partial charge in [-0.15, -0.1) is 0 Å². The molecule has 9 nitrogen and oxygen atoms in total. The quantitative estimate of drug-likeness (QED) is 0.562. The van der Waals surface area contributed by atoms with E-state index in [2.05, 4.69) is 10.6 Å². The number of carbonyl (C=O) groups is 4. The van der Waals surface area contributed by atoms with Crippen LogP contribution in [-0.2, 0) is 20.9 Å². The summed E-state index contributed by atoms with van der Waals surface area (Å²) in [5.41, 5.74) is 7.05. The fourth-order valence-electron chi connectivity index (χ4n) is 4.03. The van der Waals surface area contributed by atoms with Crippen LogP contribution in [0.15, 0.2) is 18.2 Å². The van der Waals surface area contributed by atoms with E-state index < -0.39 is 29.7 Å². The summed E-state index contributed by atoms with van der Waals surface area (Å²) in [5, 5.41) is 5.56. The maximum atomic E-state index is 13.0. The van der Waals surface area contributed by atoms with Gasteiger partial charge in [0.1, 0.15) is 6.04 Å². The second kappa shape index (κ2) is 7.42. The van der Waals surface area contributed by atoms with E-state index >= 15 is 0 Å². The molecule has 0 radical (unpaired) electrons. The fraction of sp³-hybridized carbons (Fsp3) is 0.474. The monoisotopic (exact) mass is 386 g/mol. The van der Waals surface area contributed by atoms with Crippen LogP contribution in [0.5, 0.6) is 0 Å². The van der Waals surface area contributed by atoms with Gasteiger partial charge in [-0.05, 0) is 24.6 Å². The Hall–Kier alpha value is -2.62. The first-order chi connectivity index (χ1) is 13.5. The van der Waals surface area contributed by atoms with Crippen molar-refractivity contribution in [3.05, 3.63) is 34.9 Å². The normalized spacial score (nSPS) is 27.3. The number of nitrogens with two attached hydrogens (primary N) is 1. The molecule has 3 heterocycles.